The highest BCUT2D eigenvalue weighted by molar-refractivity contribution is 5.88. The predicted molar refractivity (Wildman–Crippen MR) is 113 cm³/mol. The van der Waals surface area contributed by atoms with Crippen molar-refractivity contribution < 1.29 is 43.8 Å². The van der Waals surface area contributed by atoms with Crippen molar-refractivity contribution in [1.82, 2.24) is 0 Å². The lowest BCUT2D eigenvalue weighted by atomic mass is 9.92. The molecule has 0 amide bonds. The van der Waals surface area contributed by atoms with Crippen molar-refractivity contribution >= 4 is 11.0 Å². The molecule has 2 aromatic carbocycles. The number of hydrogen-bond donors (Lipinski definition) is 4. The molecule has 174 valence electrons. The standard InChI is InChI=1S/C23H22O10/c1-29-9-30-11-4-2-10(3-5-11)13-6-12(25)17-14(31-13)7-15-18(20(17)27)22-23(32-15)21(28)19(26)16(8-24)33-22/h2-7,16,19,21-24,26-28H,8-9H2,1H3/t16-,19-,21+,22+,23+/m1/s1. The molecule has 10 nitrogen and oxygen atoms in total. The van der Waals surface area contributed by atoms with Crippen LogP contribution in [0.4, 0.5) is 0 Å². The van der Waals surface area contributed by atoms with Gasteiger partial charge in [0.15, 0.2) is 18.3 Å². The number of benzene rings is 2. The third-order valence-electron chi connectivity index (χ3n) is 5.89. The van der Waals surface area contributed by atoms with Crippen molar-refractivity contribution in [1.29, 1.82) is 0 Å². The number of aliphatic hydroxyl groups excluding tert-OH is 3. The molecule has 33 heavy (non-hydrogen) atoms. The molecule has 5 atom stereocenters. The predicted octanol–water partition coefficient (Wildman–Crippen LogP) is 1.06. The number of aromatic hydroxyl groups is 1. The van der Waals surface area contributed by atoms with E-state index in [1.165, 1.54) is 19.2 Å². The quantitative estimate of drug-likeness (QED) is 0.409. The zero-order valence-electron chi connectivity index (χ0n) is 17.5. The molecule has 0 aliphatic carbocycles. The van der Waals surface area contributed by atoms with Crippen molar-refractivity contribution in [3.05, 3.63) is 52.2 Å². The molecule has 0 radical (unpaired) electrons. The van der Waals surface area contributed by atoms with E-state index < -0.39 is 42.6 Å². The van der Waals surface area contributed by atoms with Gasteiger partial charge in [-0.1, -0.05) is 0 Å². The average Bonchev–Trinajstić information content (AvgIpc) is 3.18. The Labute approximate surface area is 187 Å². The van der Waals surface area contributed by atoms with Gasteiger partial charge in [0.05, 0.1) is 12.2 Å². The number of ether oxygens (including phenoxy) is 4. The Bertz CT molecular complexity index is 1230. The van der Waals surface area contributed by atoms with Gasteiger partial charge in [-0.15, -0.1) is 0 Å². The molecule has 5 rings (SSSR count). The largest absolute Gasteiger partial charge is 0.506 e. The van der Waals surface area contributed by atoms with Gasteiger partial charge in [0.2, 0.25) is 0 Å². The fourth-order valence-corrected chi connectivity index (χ4v) is 4.25. The zero-order chi connectivity index (χ0) is 23.3. The number of methoxy groups -OCH3 is 1. The molecular formula is C23H22O10. The lowest BCUT2D eigenvalue weighted by Crippen LogP contribution is -2.55. The second-order valence-corrected chi connectivity index (χ2v) is 7.90. The Kier molecular flexibility index (Phi) is 5.47. The minimum atomic E-state index is -1.37. The molecule has 0 spiro atoms. The van der Waals surface area contributed by atoms with Gasteiger partial charge < -0.3 is 43.8 Å². The summed E-state index contributed by atoms with van der Waals surface area (Å²) in [5.74, 6) is 0.618. The van der Waals surface area contributed by atoms with Crippen molar-refractivity contribution in [2.75, 3.05) is 20.5 Å². The number of rotatable bonds is 5. The number of fused-ring (bicyclic) bond motifs is 4. The molecule has 1 aromatic heterocycles. The second kappa shape index (κ2) is 8.32. The normalized spacial score (nSPS) is 26.0. The highest BCUT2D eigenvalue weighted by atomic mass is 16.7. The van der Waals surface area contributed by atoms with Gasteiger partial charge in [-0.3, -0.25) is 4.79 Å². The summed E-state index contributed by atoms with van der Waals surface area (Å²) in [4.78, 5) is 12.9. The van der Waals surface area contributed by atoms with E-state index in [4.69, 9.17) is 23.4 Å². The average molecular weight is 458 g/mol. The Morgan fingerprint density at radius 1 is 1.09 bits per heavy atom. The molecule has 1 saturated heterocycles. The zero-order valence-corrected chi connectivity index (χ0v) is 17.5. The van der Waals surface area contributed by atoms with E-state index in [2.05, 4.69) is 0 Å². The van der Waals surface area contributed by atoms with Crippen LogP contribution in [0.25, 0.3) is 22.3 Å². The summed E-state index contributed by atoms with van der Waals surface area (Å²) >= 11 is 0. The lowest BCUT2D eigenvalue weighted by molar-refractivity contribution is -0.215. The SMILES string of the molecule is COCOc1ccc(-c2cc(=O)c3c(O)c4c(cc3o2)O[C@H]2[C@@H](O)[C@H](O)[C@@H](CO)O[C@@H]42)cc1. The molecule has 10 heteroatoms. The highest BCUT2D eigenvalue weighted by Crippen LogP contribution is 2.50. The van der Waals surface area contributed by atoms with Crippen molar-refractivity contribution in [3.63, 3.8) is 0 Å². The van der Waals surface area contributed by atoms with E-state index in [9.17, 15) is 25.2 Å². The summed E-state index contributed by atoms with van der Waals surface area (Å²) in [6, 6.07) is 9.55. The van der Waals surface area contributed by atoms with Crippen molar-refractivity contribution in [2.45, 2.75) is 30.5 Å². The molecule has 2 aliphatic rings. The van der Waals surface area contributed by atoms with Gasteiger partial charge in [0, 0.05) is 24.8 Å². The monoisotopic (exact) mass is 458 g/mol. The maximum Gasteiger partial charge on any atom is 0.197 e. The molecular weight excluding hydrogens is 436 g/mol. The van der Waals surface area contributed by atoms with Crippen LogP contribution in [-0.2, 0) is 9.47 Å². The fourth-order valence-electron chi connectivity index (χ4n) is 4.25. The molecule has 2 aliphatic heterocycles. The molecule has 3 heterocycles. The summed E-state index contributed by atoms with van der Waals surface area (Å²) in [7, 11) is 1.52. The van der Waals surface area contributed by atoms with Crippen LogP contribution < -0.4 is 14.9 Å². The number of phenolic OH excluding ortho intramolecular Hbond substituents is 1. The third-order valence-corrected chi connectivity index (χ3v) is 5.89. The van der Waals surface area contributed by atoms with Gasteiger partial charge in [0.1, 0.15) is 58.4 Å². The Morgan fingerprint density at radius 3 is 2.55 bits per heavy atom. The number of hydrogen-bond acceptors (Lipinski definition) is 10. The third kappa shape index (κ3) is 3.52. The number of phenols is 1. The number of aliphatic hydroxyl groups is 3. The Balaban J connectivity index is 1.56. The van der Waals surface area contributed by atoms with Crippen LogP contribution in [0.3, 0.4) is 0 Å². The van der Waals surface area contributed by atoms with Crippen molar-refractivity contribution in [3.8, 4) is 28.6 Å². The van der Waals surface area contributed by atoms with E-state index in [1.807, 2.05) is 0 Å². The van der Waals surface area contributed by atoms with Crippen LogP contribution in [0.1, 0.15) is 11.7 Å². The van der Waals surface area contributed by atoms with Gasteiger partial charge in [-0.2, -0.15) is 0 Å². The van der Waals surface area contributed by atoms with E-state index >= 15 is 0 Å². The van der Waals surface area contributed by atoms with Crippen LogP contribution in [0.5, 0.6) is 17.2 Å². The summed E-state index contributed by atoms with van der Waals surface area (Å²) in [6.45, 7) is -0.433. The minimum absolute atomic E-state index is 0.0634. The van der Waals surface area contributed by atoms with Gasteiger partial charge in [0.25, 0.3) is 0 Å². The second-order valence-electron chi connectivity index (χ2n) is 7.90. The highest BCUT2D eigenvalue weighted by Gasteiger charge is 2.52. The van der Waals surface area contributed by atoms with Gasteiger partial charge in [-0.25, -0.2) is 0 Å². The summed E-state index contributed by atoms with van der Waals surface area (Å²) in [5.41, 5.74) is 0.378. The summed E-state index contributed by atoms with van der Waals surface area (Å²) in [6.07, 6.45) is -5.80. The Morgan fingerprint density at radius 2 is 1.85 bits per heavy atom. The maximum atomic E-state index is 12.9. The van der Waals surface area contributed by atoms with Crippen LogP contribution in [-0.4, -0.2) is 65.4 Å². The van der Waals surface area contributed by atoms with Crippen LogP contribution in [0.2, 0.25) is 0 Å². The van der Waals surface area contributed by atoms with Crippen molar-refractivity contribution in [2.24, 2.45) is 0 Å². The van der Waals surface area contributed by atoms with Crippen LogP contribution in [0.15, 0.2) is 45.6 Å². The van der Waals surface area contributed by atoms with Crippen LogP contribution >= 0.6 is 0 Å². The lowest BCUT2D eigenvalue weighted by Gasteiger charge is -2.38. The smallest absolute Gasteiger partial charge is 0.197 e. The first-order chi connectivity index (χ1) is 15.9. The molecule has 1 fully saturated rings. The van der Waals surface area contributed by atoms with E-state index in [-0.39, 0.29) is 40.6 Å². The van der Waals surface area contributed by atoms with E-state index in [0.29, 0.717) is 11.3 Å². The first-order valence-corrected chi connectivity index (χ1v) is 10.3. The molecule has 0 unspecified atom stereocenters. The van der Waals surface area contributed by atoms with Crippen LogP contribution in [0, 0.1) is 0 Å². The fraction of sp³-hybridized carbons (Fsp3) is 0.348. The molecule has 3 aromatic rings. The Hall–Kier alpha value is -3.15. The maximum absolute atomic E-state index is 12.9. The molecule has 0 bridgehead atoms. The van der Waals surface area contributed by atoms with E-state index in [0.717, 1.165) is 0 Å². The van der Waals surface area contributed by atoms with Gasteiger partial charge in [-0.05, 0) is 24.3 Å². The van der Waals surface area contributed by atoms with E-state index in [1.54, 1.807) is 24.3 Å². The minimum Gasteiger partial charge on any atom is -0.506 e. The molecule has 4 N–H and O–H groups in total. The molecule has 0 saturated carbocycles. The topological polar surface area (TPSA) is 148 Å². The summed E-state index contributed by atoms with van der Waals surface area (Å²) < 4.78 is 27.5. The summed E-state index contributed by atoms with van der Waals surface area (Å²) in [5, 5.41) is 40.9. The first-order valence-electron chi connectivity index (χ1n) is 10.3. The first kappa shape index (κ1) is 21.7. The van der Waals surface area contributed by atoms with Gasteiger partial charge >= 0.3 is 0 Å².